The van der Waals surface area contributed by atoms with Gasteiger partial charge in [0.1, 0.15) is 16.4 Å². The van der Waals surface area contributed by atoms with Gasteiger partial charge in [-0.25, -0.2) is 9.78 Å². The molecule has 1 fully saturated rings. The Morgan fingerprint density at radius 1 is 1.10 bits per heavy atom. The maximum absolute atomic E-state index is 13.5. The molecule has 0 saturated carbocycles. The van der Waals surface area contributed by atoms with Gasteiger partial charge in [-0.3, -0.25) is 14.5 Å². The summed E-state index contributed by atoms with van der Waals surface area (Å²) in [6, 6.07) is 11.8. The number of rotatable bonds is 9. The van der Waals surface area contributed by atoms with Gasteiger partial charge in [0, 0.05) is 5.56 Å². The second-order valence-corrected chi connectivity index (χ2v) is 10.9. The molecule has 1 aromatic heterocycles. The van der Waals surface area contributed by atoms with Gasteiger partial charge in [-0.2, -0.15) is 0 Å². The molecule has 0 radical (unpaired) electrons. The van der Waals surface area contributed by atoms with E-state index in [2.05, 4.69) is 18.8 Å². The first-order valence-corrected chi connectivity index (χ1v) is 14.2. The Bertz CT molecular complexity index is 1470. The van der Waals surface area contributed by atoms with E-state index >= 15 is 0 Å². The summed E-state index contributed by atoms with van der Waals surface area (Å²) >= 11 is 0.985. The Labute approximate surface area is 238 Å². The maximum atomic E-state index is 13.5. The minimum atomic E-state index is -0.946. The summed E-state index contributed by atoms with van der Waals surface area (Å²) in [6.45, 7) is 12.1. The van der Waals surface area contributed by atoms with Crippen molar-refractivity contribution < 1.29 is 29.0 Å². The van der Waals surface area contributed by atoms with Crippen LogP contribution < -0.4 is 9.64 Å². The minimum Gasteiger partial charge on any atom is -0.507 e. The van der Waals surface area contributed by atoms with Crippen LogP contribution in [0.3, 0.4) is 0 Å². The molecular weight excluding hydrogens is 528 g/mol. The summed E-state index contributed by atoms with van der Waals surface area (Å²) in [4.78, 5) is 45.6. The van der Waals surface area contributed by atoms with Gasteiger partial charge in [-0.1, -0.05) is 56.4 Å². The van der Waals surface area contributed by atoms with Crippen molar-refractivity contribution in [3.8, 4) is 5.75 Å². The molecule has 3 aromatic rings. The first-order valence-electron chi connectivity index (χ1n) is 13.4. The van der Waals surface area contributed by atoms with Crippen molar-refractivity contribution in [1.82, 2.24) is 4.98 Å². The molecule has 1 unspecified atom stereocenters. The molecule has 1 N–H and O–H groups in total. The van der Waals surface area contributed by atoms with E-state index in [4.69, 9.17) is 9.47 Å². The van der Waals surface area contributed by atoms with Gasteiger partial charge >= 0.3 is 11.9 Å². The molecule has 1 aliphatic rings. The number of esters is 1. The van der Waals surface area contributed by atoms with Gasteiger partial charge in [0.25, 0.3) is 5.78 Å². The third-order valence-corrected chi connectivity index (χ3v) is 7.86. The van der Waals surface area contributed by atoms with Crippen LogP contribution in [0.25, 0.3) is 5.76 Å². The highest BCUT2D eigenvalue weighted by Crippen LogP contribution is 2.44. The fourth-order valence-electron chi connectivity index (χ4n) is 4.61. The first kappa shape index (κ1) is 29.0. The number of amides is 1. The highest BCUT2D eigenvalue weighted by Gasteiger charge is 2.48. The van der Waals surface area contributed by atoms with Crippen LogP contribution in [0.1, 0.15) is 83.7 Å². The van der Waals surface area contributed by atoms with Crippen LogP contribution in [-0.4, -0.2) is 41.0 Å². The lowest BCUT2D eigenvalue weighted by Crippen LogP contribution is -2.29. The van der Waals surface area contributed by atoms with E-state index in [9.17, 15) is 19.5 Å². The lowest BCUT2D eigenvalue weighted by Gasteiger charge is -2.23. The predicted octanol–water partition coefficient (Wildman–Crippen LogP) is 6.48. The summed E-state index contributed by atoms with van der Waals surface area (Å²) in [6.07, 6.45) is 0.855. The largest absolute Gasteiger partial charge is 0.507 e. The van der Waals surface area contributed by atoms with Crippen molar-refractivity contribution in [2.45, 2.75) is 59.9 Å². The number of carbonyl (C=O) groups is 3. The summed E-state index contributed by atoms with van der Waals surface area (Å²) in [7, 11) is 0. The standard InChI is InChI=1S/C31H34N2O6S/c1-7-15-39-23-14-13-22(16-18(23)5)26(34)24-25(21-11-9-20(10-12-21)17(3)4)33(29(36)27(24)35)31-32-19(6)28(40-31)30(37)38-8-2/h9-14,16-17,25,34H,7-8,15H2,1-6H3/b26-24+. The zero-order valence-corrected chi connectivity index (χ0v) is 24.4. The predicted molar refractivity (Wildman–Crippen MR) is 155 cm³/mol. The molecule has 1 atom stereocenters. The number of hydrogen-bond donors (Lipinski definition) is 1. The van der Waals surface area contributed by atoms with Gasteiger partial charge in [0.05, 0.1) is 30.5 Å². The Morgan fingerprint density at radius 2 is 1.80 bits per heavy atom. The molecule has 1 amide bonds. The molecule has 1 saturated heterocycles. The highest BCUT2D eigenvalue weighted by molar-refractivity contribution is 7.17. The molecule has 40 heavy (non-hydrogen) atoms. The first-order chi connectivity index (χ1) is 19.1. The van der Waals surface area contributed by atoms with Crippen LogP contribution in [0.5, 0.6) is 5.75 Å². The lowest BCUT2D eigenvalue weighted by molar-refractivity contribution is -0.132. The normalized spacial score (nSPS) is 16.6. The third kappa shape index (κ3) is 5.51. The number of aryl methyl sites for hydroxylation is 2. The zero-order chi connectivity index (χ0) is 29.1. The van der Waals surface area contributed by atoms with Crippen LogP contribution >= 0.6 is 11.3 Å². The summed E-state index contributed by atoms with van der Waals surface area (Å²) in [5.74, 6) is -1.52. The van der Waals surface area contributed by atoms with E-state index in [0.717, 1.165) is 28.9 Å². The summed E-state index contributed by atoms with van der Waals surface area (Å²) in [5.41, 5.74) is 3.26. The van der Waals surface area contributed by atoms with E-state index in [1.165, 1.54) is 4.90 Å². The van der Waals surface area contributed by atoms with Crippen LogP contribution in [0.4, 0.5) is 5.13 Å². The number of hydrogen-bond acceptors (Lipinski definition) is 8. The Kier molecular flexibility index (Phi) is 8.73. The molecule has 0 spiro atoms. The van der Waals surface area contributed by atoms with Gasteiger partial charge < -0.3 is 14.6 Å². The smallest absolute Gasteiger partial charge is 0.350 e. The van der Waals surface area contributed by atoms with Crippen LogP contribution in [0.15, 0.2) is 48.0 Å². The quantitative estimate of drug-likeness (QED) is 0.138. The van der Waals surface area contributed by atoms with Crippen molar-refractivity contribution in [2.75, 3.05) is 18.1 Å². The van der Waals surface area contributed by atoms with E-state index in [-0.39, 0.29) is 33.9 Å². The molecule has 4 rings (SSSR count). The van der Waals surface area contributed by atoms with Crippen molar-refractivity contribution >= 4 is 39.9 Å². The fraction of sp³-hybridized carbons (Fsp3) is 0.355. The number of aromatic nitrogens is 1. The lowest BCUT2D eigenvalue weighted by atomic mass is 9.93. The van der Waals surface area contributed by atoms with Gasteiger partial charge in [0.15, 0.2) is 5.13 Å². The SMILES string of the molecule is CCCOc1ccc(/C(O)=C2\C(=O)C(=O)N(c3nc(C)c(C(=O)OCC)s3)C2c2ccc(C(C)C)cc2)cc1C. The van der Waals surface area contributed by atoms with Crippen molar-refractivity contribution in [2.24, 2.45) is 0 Å². The maximum Gasteiger partial charge on any atom is 0.350 e. The second kappa shape index (κ2) is 12.0. The molecule has 210 valence electrons. The number of aliphatic hydroxyl groups is 1. The number of benzene rings is 2. The monoisotopic (exact) mass is 562 g/mol. The number of nitrogens with zero attached hydrogens (tertiary/aromatic N) is 2. The molecule has 2 aromatic carbocycles. The van der Waals surface area contributed by atoms with Crippen LogP contribution in [0, 0.1) is 13.8 Å². The van der Waals surface area contributed by atoms with E-state index in [1.807, 2.05) is 38.1 Å². The zero-order valence-electron chi connectivity index (χ0n) is 23.6. The fourth-order valence-corrected chi connectivity index (χ4v) is 5.59. The molecule has 0 aliphatic carbocycles. The van der Waals surface area contributed by atoms with Crippen LogP contribution in [0.2, 0.25) is 0 Å². The molecule has 0 bridgehead atoms. The number of aliphatic hydroxyl groups excluding tert-OH is 1. The summed E-state index contributed by atoms with van der Waals surface area (Å²) in [5, 5.41) is 11.7. The number of thiazole rings is 1. The van der Waals surface area contributed by atoms with Crippen molar-refractivity contribution in [3.05, 3.63) is 80.9 Å². The summed E-state index contributed by atoms with van der Waals surface area (Å²) < 4.78 is 10.9. The number of carbonyl (C=O) groups excluding carboxylic acids is 3. The molecule has 1 aliphatic heterocycles. The number of anilines is 1. The highest BCUT2D eigenvalue weighted by atomic mass is 32.1. The minimum absolute atomic E-state index is 0.0468. The van der Waals surface area contributed by atoms with Gasteiger partial charge in [-0.15, -0.1) is 0 Å². The second-order valence-electron chi connectivity index (χ2n) is 9.95. The van der Waals surface area contributed by atoms with Gasteiger partial charge in [-0.05, 0) is 68.0 Å². The average Bonchev–Trinajstić information content (AvgIpc) is 3.44. The van der Waals surface area contributed by atoms with E-state index in [1.54, 1.807) is 32.0 Å². The molecule has 2 heterocycles. The Hall–Kier alpha value is -3.98. The van der Waals surface area contributed by atoms with Crippen LogP contribution in [-0.2, 0) is 14.3 Å². The topological polar surface area (TPSA) is 106 Å². The van der Waals surface area contributed by atoms with Gasteiger partial charge in [0.2, 0.25) is 0 Å². The van der Waals surface area contributed by atoms with E-state index in [0.29, 0.717) is 29.2 Å². The number of ether oxygens (including phenoxy) is 2. The third-order valence-electron chi connectivity index (χ3n) is 6.73. The molecule has 9 heteroatoms. The van der Waals surface area contributed by atoms with Crippen molar-refractivity contribution in [1.29, 1.82) is 0 Å². The number of Topliss-reactive ketones (excluding diaryl/α,β-unsaturated/α-hetero) is 1. The average molecular weight is 563 g/mol. The van der Waals surface area contributed by atoms with E-state index < -0.39 is 23.7 Å². The Morgan fingerprint density at radius 3 is 2.40 bits per heavy atom. The molecular formula is C31H34N2O6S. The van der Waals surface area contributed by atoms with Crippen molar-refractivity contribution in [3.63, 3.8) is 0 Å². The Balaban J connectivity index is 1.87. The number of ketones is 1. The molecule has 8 nitrogen and oxygen atoms in total.